The number of ether oxygens (including phenoxy) is 1. The number of hydrogen-bond donors (Lipinski definition) is 1. The minimum absolute atomic E-state index is 0.0269. The molecular formula is C22H23ClFN3O3. The van der Waals surface area contributed by atoms with E-state index in [1.54, 1.807) is 6.07 Å². The van der Waals surface area contributed by atoms with Crippen LogP contribution in [-0.2, 0) is 9.59 Å². The highest BCUT2D eigenvalue weighted by atomic mass is 35.5. The Bertz CT molecular complexity index is 949. The zero-order valence-corrected chi connectivity index (χ0v) is 17.2. The fraction of sp³-hybridized carbons (Fsp3) is 0.364. The summed E-state index contributed by atoms with van der Waals surface area (Å²) < 4.78 is 19.3. The third-order valence-corrected chi connectivity index (χ3v) is 5.63. The maximum absolute atomic E-state index is 13.3. The number of piperidine rings is 1. The second-order valence-electron chi connectivity index (χ2n) is 7.52. The van der Waals surface area contributed by atoms with Crippen molar-refractivity contribution in [2.45, 2.75) is 25.4 Å². The summed E-state index contributed by atoms with van der Waals surface area (Å²) in [5.74, 6) is -0.300. The molecule has 1 atom stereocenters. The first kappa shape index (κ1) is 20.5. The average Bonchev–Trinajstić information content (AvgIpc) is 2.76. The number of anilines is 2. The van der Waals surface area contributed by atoms with E-state index in [2.05, 4.69) is 5.32 Å². The van der Waals surface area contributed by atoms with Crippen LogP contribution in [0.1, 0.15) is 19.3 Å². The van der Waals surface area contributed by atoms with E-state index in [4.69, 9.17) is 16.3 Å². The van der Waals surface area contributed by atoms with E-state index in [0.29, 0.717) is 11.4 Å². The van der Waals surface area contributed by atoms with Gasteiger partial charge in [0, 0.05) is 18.8 Å². The number of amides is 2. The smallest absolute Gasteiger partial charge is 0.265 e. The summed E-state index contributed by atoms with van der Waals surface area (Å²) in [4.78, 5) is 29.3. The summed E-state index contributed by atoms with van der Waals surface area (Å²) >= 11 is 5.79. The molecule has 4 rings (SSSR count). The monoisotopic (exact) mass is 431 g/mol. The Morgan fingerprint density at radius 2 is 1.90 bits per heavy atom. The lowest BCUT2D eigenvalue weighted by Crippen LogP contribution is -2.52. The van der Waals surface area contributed by atoms with Crippen molar-refractivity contribution in [2.24, 2.45) is 0 Å². The van der Waals surface area contributed by atoms with Gasteiger partial charge in [-0.25, -0.2) is 4.39 Å². The van der Waals surface area contributed by atoms with Crippen molar-refractivity contribution in [2.75, 3.05) is 36.4 Å². The van der Waals surface area contributed by atoms with E-state index >= 15 is 0 Å². The Labute approximate surface area is 179 Å². The highest BCUT2D eigenvalue weighted by Crippen LogP contribution is 2.33. The molecule has 0 saturated carbocycles. The number of para-hydroxylation sites is 2. The number of fused-ring (bicyclic) bond motifs is 1. The van der Waals surface area contributed by atoms with E-state index < -0.39 is 11.9 Å². The molecular weight excluding hydrogens is 409 g/mol. The van der Waals surface area contributed by atoms with Crippen LogP contribution in [0.15, 0.2) is 42.5 Å². The summed E-state index contributed by atoms with van der Waals surface area (Å²) in [5.41, 5.74) is 1.17. The molecule has 30 heavy (non-hydrogen) atoms. The van der Waals surface area contributed by atoms with Crippen molar-refractivity contribution in [3.8, 4) is 5.75 Å². The molecule has 2 amide bonds. The molecule has 0 spiro atoms. The molecule has 0 unspecified atom stereocenters. The van der Waals surface area contributed by atoms with Crippen LogP contribution in [0.25, 0.3) is 0 Å². The van der Waals surface area contributed by atoms with Gasteiger partial charge in [0.1, 0.15) is 11.6 Å². The predicted molar refractivity (Wildman–Crippen MR) is 114 cm³/mol. The number of nitrogens with zero attached hydrogens (tertiary/aromatic N) is 2. The van der Waals surface area contributed by atoms with Crippen LogP contribution in [0.4, 0.5) is 15.8 Å². The number of rotatable bonds is 4. The van der Waals surface area contributed by atoms with Gasteiger partial charge in [-0.3, -0.25) is 9.59 Å². The SMILES string of the molecule is O=C(CN1C[C@@H](C(=O)N2CCCCC2)Oc2ccccc21)Nc1ccc(F)c(Cl)c1. The normalized spacial score (nSPS) is 18.4. The van der Waals surface area contributed by atoms with Crippen LogP contribution in [0.3, 0.4) is 0 Å². The summed E-state index contributed by atoms with van der Waals surface area (Å²) in [7, 11) is 0. The van der Waals surface area contributed by atoms with Crippen molar-refractivity contribution < 1.29 is 18.7 Å². The van der Waals surface area contributed by atoms with Crippen LogP contribution in [0.2, 0.25) is 5.02 Å². The topological polar surface area (TPSA) is 61.9 Å². The van der Waals surface area contributed by atoms with E-state index in [9.17, 15) is 14.0 Å². The van der Waals surface area contributed by atoms with Crippen LogP contribution in [0.5, 0.6) is 5.75 Å². The highest BCUT2D eigenvalue weighted by Gasteiger charge is 2.34. The molecule has 2 aromatic rings. The largest absolute Gasteiger partial charge is 0.477 e. The van der Waals surface area contributed by atoms with Gasteiger partial charge in [-0.2, -0.15) is 0 Å². The molecule has 6 nitrogen and oxygen atoms in total. The van der Waals surface area contributed by atoms with Crippen LogP contribution < -0.4 is 15.0 Å². The lowest BCUT2D eigenvalue weighted by Gasteiger charge is -2.38. The number of carbonyl (C=O) groups is 2. The molecule has 8 heteroatoms. The number of carbonyl (C=O) groups excluding carboxylic acids is 2. The minimum Gasteiger partial charge on any atom is -0.477 e. The Morgan fingerprint density at radius 1 is 1.13 bits per heavy atom. The Hall–Kier alpha value is -2.80. The van der Waals surface area contributed by atoms with Crippen LogP contribution >= 0.6 is 11.6 Å². The Kier molecular flexibility index (Phi) is 6.08. The summed E-state index contributed by atoms with van der Waals surface area (Å²) in [5, 5.41) is 2.67. The molecule has 0 aliphatic carbocycles. The molecule has 1 saturated heterocycles. The lowest BCUT2D eigenvalue weighted by atomic mass is 10.1. The fourth-order valence-electron chi connectivity index (χ4n) is 3.85. The van der Waals surface area contributed by atoms with Gasteiger partial charge < -0.3 is 19.9 Å². The molecule has 2 aliphatic rings. The summed E-state index contributed by atoms with van der Waals surface area (Å²) in [6.07, 6.45) is 2.48. The predicted octanol–water partition coefficient (Wildman–Crippen LogP) is 3.70. The molecule has 1 fully saturated rings. The van der Waals surface area contributed by atoms with E-state index in [-0.39, 0.29) is 29.9 Å². The van der Waals surface area contributed by atoms with Gasteiger partial charge in [-0.1, -0.05) is 23.7 Å². The van der Waals surface area contributed by atoms with Crippen molar-refractivity contribution in [3.05, 3.63) is 53.3 Å². The first-order valence-corrected chi connectivity index (χ1v) is 10.4. The maximum Gasteiger partial charge on any atom is 0.265 e. The summed E-state index contributed by atoms with van der Waals surface area (Å²) in [6, 6.07) is 11.4. The van der Waals surface area contributed by atoms with Crippen molar-refractivity contribution >= 4 is 34.8 Å². The van der Waals surface area contributed by atoms with Crippen LogP contribution in [0, 0.1) is 5.82 Å². The van der Waals surface area contributed by atoms with Gasteiger partial charge in [0.25, 0.3) is 5.91 Å². The zero-order chi connectivity index (χ0) is 21.1. The Morgan fingerprint density at radius 3 is 2.67 bits per heavy atom. The van der Waals surface area contributed by atoms with Gasteiger partial charge in [0.05, 0.1) is 23.8 Å². The van der Waals surface area contributed by atoms with Crippen molar-refractivity contribution in [3.63, 3.8) is 0 Å². The average molecular weight is 432 g/mol. The third kappa shape index (κ3) is 4.51. The Balaban J connectivity index is 1.48. The third-order valence-electron chi connectivity index (χ3n) is 5.34. The number of hydrogen-bond acceptors (Lipinski definition) is 4. The highest BCUT2D eigenvalue weighted by molar-refractivity contribution is 6.31. The van der Waals surface area contributed by atoms with Gasteiger partial charge in [0.15, 0.2) is 6.10 Å². The quantitative estimate of drug-likeness (QED) is 0.801. The fourth-order valence-corrected chi connectivity index (χ4v) is 4.03. The van der Waals surface area contributed by atoms with E-state index in [0.717, 1.165) is 38.0 Å². The molecule has 0 bridgehead atoms. The van der Waals surface area contributed by atoms with E-state index in [1.165, 1.54) is 18.2 Å². The second kappa shape index (κ2) is 8.92. The standard InChI is InChI=1S/C22H23ClFN3O3/c23-16-12-15(8-9-17(16)24)25-21(28)14-27-13-20(22(29)26-10-4-1-5-11-26)30-19-7-3-2-6-18(19)27/h2-3,6-9,12,20H,1,4-5,10-11,13-14H2,(H,25,28)/t20-/m0/s1. The van der Waals surface area contributed by atoms with Gasteiger partial charge in [0.2, 0.25) is 5.91 Å². The van der Waals surface area contributed by atoms with E-state index in [1.807, 2.05) is 28.0 Å². The summed E-state index contributed by atoms with van der Waals surface area (Å²) in [6.45, 7) is 1.79. The molecule has 0 aromatic heterocycles. The second-order valence-corrected chi connectivity index (χ2v) is 7.92. The number of benzene rings is 2. The first-order chi connectivity index (χ1) is 14.5. The molecule has 158 valence electrons. The van der Waals surface area contributed by atoms with Crippen molar-refractivity contribution in [1.29, 1.82) is 0 Å². The minimum atomic E-state index is -0.661. The van der Waals surface area contributed by atoms with Gasteiger partial charge in [-0.15, -0.1) is 0 Å². The molecule has 2 aliphatic heterocycles. The number of nitrogens with one attached hydrogen (secondary N) is 1. The van der Waals surface area contributed by atoms with Crippen molar-refractivity contribution in [1.82, 2.24) is 4.90 Å². The number of likely N-dealkylation sites (tertiary alicyclic amines) is 1. The maximum atomic E-state index is 13.3. The molecule has 2 heterocycles. The lowest BCUT2D eigenvalue weighted by molar-refractivity contribution is -0.139. The van der Waals surface area contributed by atoms with Crippen LogP contribution in [-0.4, -0.2) is 49.0 Å². The first-order valence-electron chi connectivity index (χ1n) is 10.1. The molecule has 2 aromatic carbocycles. The zero-order valence-electron chi connectivity index (χ0n) is 16.4. The molecule has 0 radical (unpaired) electrons. The van der Waals surface area contributed by atoms with Gasteiger partial charge >= 0.3 is 0 Å². The number of halogens is 2. The van der Waals surface area contributed by atoms with Gasteiger partial charge in [-0.05, 0) is 49.6 Å². The molecule has 1 N–H and O–H groups in total.